The van der Waals surface area contributed by atoms with E-state index in [0.29, 0.717) is 25.6 Å². The Morgan fingerprint density at radius 3 is 2.54 bits per heavy atom. The summed E-state index contributed by atoms with van der Waals surface area (Å²) in [4.78, 5) is 24.4. The Morgan fingerprint density at radius 1 is 0.963 bits per heavy atom. The third kappa shape index (κ3) is 13.3. The quantitative estimate of drug-likeness (QED) is 0.0503. The van der Waals surface area contributed by atoms with Crippen LogP contribution in [0.1, 0.15) is 76.3 Å². The molecule has 3 heterocycles. The van der Waals surface area contributed by atoms with Crippen molar-refractivity contribution >= 4 is 28.6 Å². The van der Waals surface area contributed by atoms with Gasteiger partial charge in [0.1, 0.15) is 11.5 Å². The van der Waals surface area contributed by atoms with Crippen LogP contribution in [0.15, 0.2) is 30.5 Å². The lowest BCUT2D eigenvalue weighted by molar-refractivity contribution is -0.151. The predicted octanol–water partition coefficient (Wildman–Crippen LogP) is 1.26. The van der Waals surface area contributed by atoms with E-state index in [0.717, 1.165) is 80.3 Å². The Labute approximate surface area is 318 Å². The van der Waals surface area contributed by atoms with Crippen LogP contribution in [0.2, 0.25) is 0 Å². The number of aryl methyl sites for hydroxylation is 1. The summed E-state index contributed by atoms with van der Waals surface area (Å²) in [7, 11) is 1.32. The number of anilines is 2. The molecule has 3 aromatic rings. The number of aliphatic hydroxyl groups excluding tert-OH is 2. The van der Waals surface area contributed by atoms with Crippen LogP contribution >= 0.6 is 0 Å². The van der Waals surface area contributed by atoms with Crippen molar-refractivity contribution in [3.63, 3.8) is 0 Å². The Balaban J connectivity index is 1.01. The minimum atomic E-state index is -1.32. The normalized spacial score (nSPS) is 18.1. The zero-order chi connectivity index (χ0) is 38.1. The molecule has 17 nitrogen and oxygen atoms in total. The van der Waals surface area contributed by atoms with E-state index in [1.54, 1.807) is 0 Å². The first kappa shape index (κ1) is 41.6. The van der Waals surface area contributed by atoms with E-state index in [-0.39, 0.29) is 31.4 Å². The number of nitrogens with zero attached hydrogens (tertiary/aromatic N) is 6. The molecule has 2 aliphatic rings. The zero-order valence-corrected chi connectivity index (χ0v) is 31.7. The molecule has 2 fully saturated rings. The van der Waals surface area contributed by atoms with E-state index in [1.807, 2.05) is 40.0 Å². The molecule has 300 valence electrons. The number of likely N-dealkylation sites (tertiary alicyclic amines) is 1. The molecule has 1 aromatic carbocycles. The number of amides is 1. The third-order valence-corrected chi connectivity index (χ3v) is 10.2. The molecule has 0 bridgehead atoms. The molecule has 1 aliphatic carbocycles. The summed E-state index contributed by atoms with van der Waals surface area (Å²) in [6, 6.07) is 7.14. The number of carbonyl (C=O) groups is 1. The maximum Gasteiger partial charge on any atom is 0.225 e. The second-order valence-corrected chi connectivity index (χ2v) is 14.5. The Morgan fingerprint density at radius 2 is 1.74 bits per heavy atom. The second kappa shape index (κ2) is 22.1. The fourth-order valence-corrected chi connectivity index (χ4v) is 6.93. The van der Waals surface area contributed by atoms with Gasteiger partial charge in [-0.1, -0.05) is 36.6 Å². The molecular formula is C37H62N12O5. The Hall–Kier alpha value is -3.55. The number of aliphatic hydroxyl groups is 2. The standard InChI is InChI=1S/C37H62N12O5/c1-53-35(51)31(39)25-54-36(52)30(38)13-14-33(50)48-21-15-27(16-22-48)43-34-29-11-5-6-12-32(29)44-37(45-34)42-23-28-24-49(47-46-28)20-8-18-40-17-7-19-41-26-9-3-2-4-10-26/h5-6,11-12,24,26-27,30-31,35-36,40-41,51-52H,2-4,7-10,13-23,25,38-39H2,1H3,(H2,42,43,44,45)/t30-,31-,35?,36?/m0/s1. The summed E-state index contributed by atoms with van der Waals surface area (Å²) in [5, 5.41) is 43.5. The van der Waals surface area contributed by atoms with E-state index < -0.39 is 24.7 Å². The molecule has 2 aromatic heterocycles. The van der Waals surface area contributed by atoms with E-state index in [2.05, 4.69) is 31.6 Å². The number of hydrogen-bond donors (Lipinski definition) is 8. The lowest BCUT2D eigenvalue weighted by Crippen LogP contribution is -2.45. The first-order chi connectivity index (χ1) is 26.3. The van der Waals surface area contributed by atoms with Crippen LogP contribution in [0, 0.1) is 0 Å². The average molecular weight is 755 g/mol. The van der Waals surface area contributed by atoms with E-state index in [4.69, 9.17) is 30.9 Å². The highest BCUT2D eigenvalue weighted by molar-refractivity contribution is 5.90. The highest BCUT2D eigenvalue weighted by atomic mass is 16.6. The molecule has 4 atom stereocenters. The molecule has 0 spiro atoms. The number of nitrogens with one attached hydrogen (secondary N) is 4. The van der Waals surface area contributed by atoms with Gasteiger partial charge in [0.2, 0.25) is 11.9 Å². The maximum absolute atomic E-state index is 13.0. The van der Waals surface area contributed by atoms with Crippen molar-refractivity contribution in [1.82, 2.24) is 40.5 Å². The third-order valence-electron chi connectivity index (χ3n) is 10.2. The van der Waals surface area contributed by atoms with Gasteiger partial charge in [-0.3, -0.25) is 9.48 Å². The number of para-hydroxylation sites is 1. The minimum Gasteiger partial charge on any atom is -0.367 e. The van der Waals surface area contributed by atoms with E-state index in [1.165, 1.54) is 39.2 Å². The summed E-state index contributed by atoms with van der Waals surface area (Å²) in [6.07, 6.45) is 10.3. The van der Waals surface area contributed by atoms with Gasteiger partial charge >= 0.3 is 0 Å². The van der Waals surface area contributed by atoms with Crippen LogP contribution in [-0.4, -0.2) is 129 Å². The van der Waals surface area contributed by atoms with Gasteiger partial charge in [-0.05, 0) is 76.7 Å². The molecule has 1 amide bonds. The van der Waals surface area contributed by atoms with Crippen molar-refractivity contribution in [2.45, 2.75) is 120 Å². The maximum atomic E-state index is 13.0. The summed E-state index contributed by atoms with van der Waals surface area (Å²) >= 11 is 0. The van der Waals surface area contributed by atoms with Gasteiger partial charge in [0.15, 0.2) is 12.6 Å². The number of methoxy groups -OCH3 is 1. The van der Waals surface area contributed by atoms with Crippen LogP contribution in [0.3, 0.4) is 0 Å². The van der Waals surface area contributed by atoms with Crippen molar-refractivity contribution in [3.8, 4) is 0 Å². The van der Waals surface area contributed by atoms with Crippen LogP contribution in [0.5, 0.6) is 0 Å². The van der Waals surface area contributed by atoms with Gasteiger partial charge in [-0.2, -0.15) is 4.98 Å². The predicted molar refractivity (Wildman–Crippen MR) is 207 cm³/mol. The largest absolute Gasteiger partial charge is 0.367 e. The van der Waals surface area contributed by atoms with Crippen molar-refractivity contribution in [1.29, 1.82) is 0 Å². The number of rotatable bonds is 23. The molecule has 0 radical (unpaired) electrons. The first-order valence-corrected chi connectivity index (χ1v) is 19.7. The van der Waals surface area contributed by atoms with Crippen molar-refractivity contribution in [2.75, 3.05) is 57.1 Å². The van der Waals surface area contributed by atoms with Crippen molar-refractivity contribution < 1.29 is 24.5 Å². The number of piperidine rings is 1. The van der Waals surface area contributed by atoms with Crippen LogP contribution < -0.4 is 32.7 Å². The SMILES string of the molecule is COC(O)[C@@H](N)COC(O)[C@@H](N)CCC(=O)N1CCC(Nc2nc(NCc3cn(CCCNCCCNC4CCCCC4)nn3)nc3ccccc23)CC1. The van der Waals surface area contributed by atoms with E-state index in [9.17, 15) is 15.0 Å². The highest BCUT2D eigenvalue weighted by Gasteiger charge is 2.26. The lowest BCUT2D eigenvalue weighted by Gasteiger charge is -2.33. The first-order valence-electron chi connectivity index (χ1n) is 19.7. The molecule has 1 saturated heterocycles. The molecule has 1 aliphatic heterocycles. The summed E-state index contributed by atoms with van der Waals surface area (Å²) in [6.45, 7) is 5.34. The van der Waals surface area contributed by atoms with Gasteiger partial charge < -0.3 is 57.3 Å². The summed E-state index contributed by atoms with van der Waals surface area (Å²) in [5.74, 6) is 1.22. The van der Waals surface area contributed by atoms with Crippen LogP contribution in [0.4, 0.5) is 11.8 Å². The van der Waals surface area contributed by atoms with Crippen molar-refractivity contribution in [2.24, 2.45) is 11.5 Å². The smallest absolute Gasteiger partial charge is 0.225 e. The van der Waals surface area contributed by atoms with Gasteiger partial charge in [0.05, 0.1) is 36.9 Å². The highest BCUT2D eigenvalue weighted by Crippen LogP contribution is 2.25. The van der Waals surface area contributed by atoms with Gasteiger partial charge in [0, 0.05) is 50.6 Å². The Kier molecular flexibility index (Phi) is 17.0. The van der Waals surface area contributed by atoms with Crippen LogP contribution in [-0.2, 0) is 27.4 Å². The number of hydrogen-bond acceptors (Lipinski definition) is 15. The monoisotopic (exact) mass is 754 g/mol. The number of benzene rings is 1. The number of ether oxygens (including phenoxy) is 2. The number of fused-ring (bicyclic) bond motifs is 1. The Bertz CT molecular complexity index is 1530. The molecule has 2 unspecified atom stereocenters. The van der Waals surface area contributed by atoms with Gasteiger partial charge in [-0.15, -0.1) is 5.10 Å². The topological polar surface area (TPSA) is 236 Å². The molecule has 1 saturated carbocycles. The number of nitrogens with two attached hydrogens (primary N) is 2. The summed E-state index contributed by atoms with van der Waals surface area (Å²) in [5.41, 5.74) is 13.4. The molecule has 54 heavy (non-hydrogen) atoms. The van der Waals surface area contributed by atoms with Gasteiger partial charge in [0.25, 0.3) is 0 Å². The summed E-state index contributed by atoms with van der Waals surface area (Å²) < 4.78 is 11.9. The molecule has 17 heteroatoms. The van der Waals surface area contributed by atoms with Crippen LogP contribution in [0.25, 0.3) is 10.9 Å². The molecule has 10 N–H and O–H groups in total. The lowest BCUT2D eigenvalue weighted by atomic mass is 9.95. The second-order valence-electron chi connectivity index (χ2n) is 14.5. The zero-order valence-electron chi connectivity index (χ0n) is 31.7. The number of aromatic nitrogens is 5. The fourth-order valence-electron chi connectivity index (χ4n) is 6.93. The molecule has 5 rings (SSSR count). The fraction of sp³-hybridized carbons (Fsp3) is 0.703. The number of carbonyl (C=O) groups excluding carboxylic acids is 1. The van der Waals surface area contributed by atoms with Gasteiger partial charge in [-0.25, -0.2) is 4.98 Å². The van der Waals surface area contributed by atoms with E-state index >= 15 is 0 Å². The minimum absolute atomic E-state index is 0.0248. The average Bonchev–Trinajstić information content (AvgIpc) is 3.66. The van der Waals surface area contributed by atoms with Crippen molar-refractivity contribution in [3.05, 3.63) is 36.2 Å². The molecular weight excluding hydrogens is 692 g/mol.